The summed E-state index contributed by atoms with van der Waals surface area (Å²) < 4.78 is 1.89. The van der Waals surface area contributed by atoms with E-state index in [9.17, 15) is 5.11 Å². The van der Waals surface area contributed by atoms with Crippen LogP contribution < -0.4 is 5.32 Å². The van der Waals surface area contributed by atoms with Gasteiger partial charge in [0.05, 0.1) is 12.3 Å². The minimum absolute atomic E-state index is 0.0528. The number of aliphatic hydroxyl groups excluding tert-OH is 1. The first-order valence-corrected chi connectivity index (χ1v) is 7.75. The molecule has 1 aromatic heterocycles. The highest BCUT2D eigenvalue weighted by atomic mass is 16.3. The molecule has 2 rings (SSSR count). The first kappa shape index (κ1) is 15.5. The van der Waals surface area contributed by atoms with Crippen molar-refractivity contribution in [3.05, 3.63) is 17.5 Å². The molecule has 0 unspecified atom stereocenters. The van der Waals surface area contributed by atoms with Crippen LogP contribution in [0.1, 0.15) is 64.1 Å². The van der Waals surface area contributed by atoms with E-state index in [0.717, 1.165) is 25.1 Å². The molecule has 0 spiro atoms. The average Bonchev–Trinajstić information content (AvgIpc) is 2.79. The maximum absolute atomic E-state index is 9.77. The minimum atomic E-state index is -0.0801. The molecule has 1 fully saturated rings. The number of aromatic nitrogens is 2. The zero-order valence-corrected chi connectivity index (χ0v) is 13.4. The second-order valence-electron chi connectivity index (χ2n) is 7.28. The second kappa shape index (κ2) is 5.86. The zero-order chi connectivity index (χ0) is 14.8. The molecule has 0 atom stereocenters. The van der Waals surface area contributed by atoms with Gasteiger partial charge in [0.1, 0.15) is 0 Å². The van der Waals surface area contributed by atoms with Crippen molar-refractivity contribution in [2.75, 3.05) is 6.61 Å². The van der Waals surface area contributed by atoms with Gasteiger partial charge in [-0.2, -0.15) is 5.10 Å². The van der Waals surface area contributed by atoms with Crippen LogP contribution in [-0.4, -0.2) is 27.0 Å². The summed E-state index contributed by atoms with van der Waals surface area (Å²) in [6, 6.07) is 0. The predicted molar refractivity (Wildman–Crippen MR) is 81.6 cm³/mol. The van der Waals surface area contributed by atoms with E-state index < -0.39 is 0 Å². The third-order valence-corrected chi connectivity index (χ3v) is 4.38. The summed E-state index contributed by atoms with van der Waals surface area (Å²) >= 11 is 0. The molecule has 2 N–H and O–H groups in total. The van der Waals surface area contributed by atoms with E-state index in [0.29, 0.717) is 0 Å². The SMILES string of the molecule is Cn1cc(CNC2(CO)CCCCC2)c(C(C)(C)C)n1. The van der Waals surface area contributed by atoms with Gasteiger partial charge in [-0.15, -0.1) is 0 Å². The molecule has 1 aliphatic carbocycles. The van der Waals surface area contributed by atoms with Gasteiger partial charge in [-0.3, -0.25) is 4.68 Å². The fourth-order valence-electron chi connectivity index (χ4n) is 3.20. The molecule has 4 nitrogen and oxygen atoms in total. The van der Waals surface area contributed by atoms with Crippen molar-refractivity contribution >= 4 is 0 Å². The third kappa shape index (κ3) is 3.41. The first-order chi connectivity index (χ1) is 9.36. The Morgan fingerprint density at radius 1 is 1.30 bits per heavy atom. The van der Waals surface area contributed by atoms with Gasteiger partial charge in [0.25, 0.3) is 0 Å². The predicted octanol–water partition coefficient (Wildman–Crippen LogP) is 2.50. The van der Waals surface area contributed by atoms with Crippen LogP contribution >= 0.6 is 0 Å². The Morgan fingerprint density at radius 2 is 1.95 bits per heavy atom. The zero-order valence-electron chi connectivity index (χ0n) is 13.4. The van der Waals surface area contributed by atoms with Gasteiger partial charge in [-0.25, -0.2) is 0 Å². The normalized spacial score (nSPS) is 19.2. The highest BCUT2D eigenvalue weighted by molar-refractivity contribution is 5.24. The minimum Gasteiger partial charge on any atom is -0.394 e. The van der Waals surface area contributed by atoms with Crippen LogP contribution in [0.25, 0.3) is 0 Å². The molecule has 0 radical (unpaired) electrons. The fourth-order valence-corrected chi connectivity index (χ4v) is 3.20. The Hall–Kier alpha value is -0.870. The molecule has 1 heterocycles. The monoisotopic (exact) mass is 279 g/mol. The van der Waals surface area contributed by atoms with E-state index in [4.69, 9.17) is 0 Å². The maximum Gasteiger partial charge on any atom is 0.0722 e. The topological polar surface area (TPSA) is 50.1 Å². The van der Waals surface area contributed by atoms with E-state index in [1.54, 1.807) is 0 Å². The molecule has 0 aromatic carbocycles. The molecule has 1 aliphatic rings. The third-order valence-electron chi connectivity index (χ3n) is 4.38. The van der Waals surface area contributed by atoms with E-state index in [1.807, 2.05) is 11.7 Å². The van der Waals surface area contributed by atoms with E-state index in [1.165, 1.54) is 24.8 Å². The van der Waals surface area contributed by atoms with E-state index in [2.05, 4.69) is 37.4 Å². The van der Waals surface area contributed by atoms with Gasteiger partial charge >= 0.3 is 0 Å². The van der Waals surface area contributed by atoms with Gasteiger partial charge in [-0.05, 0) is 12.8 Å². The smallest absolute Gasteiger partial charge is 0.0722 e. The van der Waals surface area contributed by atoms with Crippen LogP contribution in [0, 0.1) is 0 Å². The Kier molecular flexibility index (Phi) is 4.55. The molecule has 0 aliphatic heterocycles. The van der Waals surface area contributed by atoms with Crippen molar-refractivity contribution in [3.63, 3.8) is 0 Å². The van der Waals surface area contributed by atoms with Crippen LogP contribution in [-0.2, 0) is 19.0 Å². The van der Waals surface area contributed by atoms with Crippen LogP contribution in [0.15, 0.2) is 6.20 Å². The second-order valence-corrected chi connectivity index (χ2v) is 7.28. The van der Waals surface area contributed by atoms with Crippen LogP contribution in [0.2, 0.25) is 0 Å². The van der Waals surface area contributed by atoms with Crippen LogP contribution in [0.4, 0.5) is 0 Å². The lowest BCUT2D eigenvalue weighted by Crippen LogP contribution is -2.49. The summed E-state index contributed by atoms with van der Waals surface area (Å²) in [5.74, 6) is 0. The molecule has 114 valence electrons. The molecule has 4 heteroatoms. The number of rotatable bonds is 4. The summed E-state index contributed by atoms with van der Waals surface area (Å²) in [5, 5.41) is 18.0. The fraction of sp³-hybridized carbons (Fsp3) is 0.812. The van der Waals surface area contributed by atoms with Crippen LogP contribution in [0.3, 0.4) is 0 Å². The van der Waals surface area contributed by atoms with Crippen molar-refractivity contribution in [2.45, 2.75) is 70.4 Å². The average molecular weight is 279 g/mol. The lowest BCUT2D eigenvalue weighted by Gasteiger charge is -2.37. The summed E-state index contributed by atoms with van der Waals surface area (Å²) in [5.41, 5.74) is 2.37. The van der Waals surface area contributed by atoms with Crippen molar-refractivity contribution in [3.8, 4) is 0 Å². The van der Waals surface area contributed by atoms with E-state index >= 15 is 0 Å². The Balaban J connectivity index is 2.10. The van der Waals surface area contributed by atoms with Crippen molar-refractivity contribution in [1.29, 1.82) is 0 Å². The first-order valence-electron chi connectivity index (χ1n) is 7.75. The molecular formula is C16H29N3O. The number of aryl methyl sites for hydroxylation is 1. The standard InChI is InChI=1S/C16H29N3O/c1-15(2,3)14-13(11-19(4)18-14)10-17-16(12-20)8-6-5-7-9-16/h11,17,20H,5-10,12H2,1-4H3. The quantitative estimate of drug-likeness (QED) is 0.890. The molecule has 0 bridgehead atoms. The molecule has 0 saturated heterocycles. The highest BCUT2D eigenvalue weighted by Crippen LogP contribution is 2.29. The molecular weight excluding hydrogens is 250 g/mol. The van der Waals surface area contributed by atoms with Gasteiger partial charge in [-0.1, -0.05) is 40.0 Å². The van der Waals surface area contributed by atoms with Crippen LogP contribution in [0.5, 0.6) is 0 Å². The molecule has 1 aromatic rings. The molecule has 1 saturated carbocycles. The van der Waals surface area contributed by atoms with Gasteiger partial charge < -0.3 is 10.4 Å². The summed E-state index contributed by atoms with van der Waals surface area (Å²) in [6.07, 6.45) is 7.98. The number of aliphatic hydroxyl groups is 1. The molecule has 20 heavy (non-hydrogen) atoms. The Bertz CT molecular complexity index is 439. The molecule has 0 amide bonds. The summed E-state index contributed by atoms with van der Waals surface area (Å²) in [7, 11) is 1.97. The number of nitrogens with zero attached hydrogens (tertiary/aromatic N) is 2. The lowest BCUT2D eigenvalue weighted by molar-refractivity contribution is 0.119. The van der Waals surface area contributed by atoms with Crippen molar-refractivity contribution < 1.29 is 5.11 Å². The highest BCUT2D eigenvalue weighted by Gasteiger charge is 2.31. The van der Waals surface area contributed by atoms with Gasteiger partial charge in [0, 0.05) is 36.3 Å². The van der Waals surface area contributed by atoms with E-state index in [-0.39, 0.29) is 17.6 Å². The number of hydrogen-bond donors (Lipinski definition) is 2. The number of hydrogen-bond acceptors (Lipinski definition) is 3. The van der Waals surface area contributed by atoms with Gasteiger partial charge in [0.15, 0.2) is 0 Å². The Morgan fingerprint density at radius 3 is 2.50 bits per heavy atom. The maximum atomic E-state index is 9.77. The summed E-state index contributed by atoms with van der Waals surface area (Å²) in [6.45, 7) is 7.61. The number of nitrogens with one attached hydrogen (secondary N) is 1. The summed E-state index contributed by atoms with van der Waals surface area (Å²) in [4.78, 5) is 0. The Labute approximate surface area is 122 Å². The van der Waals surface area contributed by atoms with Gasteiger partial charge in [0.2, 0.25) is 0 Å². The van der Waals surface area contributed by atoms with Crippen molar-refractivity contribution in [1.82, 2.24) is 15.1 Å². The largest absolute Gasteiger partial charge is 0.394 e. The lowest BCUT2D eigenvalue weighted by atomic mass is 9.82. The van der Waals surface area contributed by atoms with Crippen molar-refractivity contribution in [2.24, 2.45) is 7.05 Å².